The average molecular weight is 413 g/mol. The Bertz CT molecular complexity index is 1280. The summed E-state index contributed by atoms with van der Waals surface area (Å²) in [6.45, 7) is 4.56. The van der Waals surface area contributed by atoms with Crippen molar-refractivity contribution >= 4 is 22.6 Å². The number of nitrogens with zero attached hydrogens (tertiary/aromatic N) is 2. The van der Waals surface area contributed by atoms with E-state index in [9.17, 15) is 9.59 Å². The first-order valence-electron chi connectivity index (χ1n) is 10.1. The molecular formula is C25H23N3O3. The van der Waals surface area contributed by atoms with Gasteiger partial charge in [-0.25, -0.2) is 4.98 Å². The third kappa shape index (κ3) is 3.68. The summed E-state index contributed by atoms with van der Waals surface area (Å²) in [6, 6.07) is 20.1. The van der Waals surface area contributed by atoms with Crippen LogP contribution in [-0.2, 0) is 11.3 Å². The number of ketones is 1. The number of amides is 1. The molecule has 1 amide bonds. The SMILES string of the molecule is CCOc1nccc2c1c(C(=O)C(N)=O)c(C)n2Cc1ccccc1-c1ccccc1. The van der Waals surface area contributed by atoms with Gasteiger partial charge in [-0.15, -0.1) is 0 Å². The standard InChI is InChI=1S/C25H23N3O3/c1-3-31-25-22-20(13-14-27-25)28(16(2)21(22)23(29)24(26)30)15-18-11-7-8-12-19(18)17-9-5-4-6-10-17/h4-14H,3,15H2,1-2H3,(H2,26,30). The van der Waals surface area contributed by atoms with Gasteiger partial charge in [0, 0.05) is 18.4 Å². The molecule has 6 heteroatoms. The van der Waals surface area contributed by atoms with Crippen LogP contribution in [0.25, 0.3) is 22.0 Å². The second-order valence-electron chi connectivity index (χ2n) is 7.21. The van der Waals surface area contributed by atoms with Crippen LogP contribution in [0.15, 0.2) is 66.9 Å². The van der Waals surface area contributed by atoms with Crippen LogP contribution in [0.5, 0.6) is 5.88 Å². The number of nitrogens with two attached hydrogens (primary N) is 1. The first-order valence-corrected chi connectivity index (χ1v) is 10.1. The lowest BCUT2D eigenvalue weighted by atomic mass is 9.99. The average Bonchev–Trinajstić information content (AvgIpc) is 3.06. The second-order valence-corrected chi connectivity index (χ2v) is 7.21. The molecule has 0 aliphatic rings. The van der Waals surface area contributed by atoms with Crippen LogP contribution in [0.2, 0.25) is 0 Å². The number of Topliss-reactive ketones (excluding diaryl/α,β-unsaturated/α-hetero) is 1. The Morgan fingerprint density at radius 2 is 1.74 bits per heavy atom. The Morgan fingerprint density at radius 1 is 1.03 bits per heavy atom. The number of hydrogen-bond donors (Lipinski definition) is 1. The highest BCUT2D eigenvalue weighted by atomic mass is 16.5. The Morgan fingerprint density at radius 3 is 2.45 bits per heavy atom. The normalized spacial score (nSPS) is 10.9. The number of carbonyl (C=O) groups is 2. The Balaban J connectivity index is 1.93. The van der Waals surface area contributed by atoms with E-state index in [1.54, 1.807) is 6.20 Å². The van der Waals surface area contributed by atoms with E-state index in [1.165, 1.54) is 0 Å². The van der Waals surface area contributed by atoms with Crippen LogP contribution < -0.4 is 10.5 Å². The first-order chi connectivity index (χ1) is 15.0. The van der Waals surface area contributed by atoms with E-state index >= 15 is 0 Å². The molecule has 0 saturated carbocycles. The van der Waals surface area contributed by atoms with Gasteiger partial charge in [0.15, 0.2) is 0 Å². The maximum absolute atomic E-state index is 12.7. The molecule has 2 N–H and O–H groups in total. The van der Waals surface area contributed by atoms with Gasteiger partial charge in [0.2, 0.25) is 5.88 Å². The number of carbonyl (C=O) groups excluding carboxylic acids is 2. The molecule has 2 heterocycles. The fourth-order valence-electron chi connectivity index (χ4n) is 3.97. The van der Waals surface area contributed by atoms with Crippen molar-refractivity contribution in [2.75, 3.05) is 6.61 Å². The molecule has 0 fully saturated rings. The molecular weight excluding hydrogens is 390 g/mol. The molecule has 31 heavy (non-hydrogen) atoms. The van der Waals surface area contributed by atoms with Crippen molar-refractivity contribution < 1.29 is 14.3 Å². The molecule has 6 nitrogen and oxygen atoms in total. The van der Waals surface area contributed by atoms with Crippen molar-refractivity contribution in [2.24, 2.45) is 5.73 Å². The zero-order chi connectivity index (χ0) is 22.0. The summed E-state index contributed by atoms with van der Waals surface area (Å²) in [5.74, 6) is -1.42. The summed E-state index contributed by atoms with van der Waals surface area (Å²) >= 11 is 0. The van der Waals surface area contributed by atoms with Crippen LogP contribution in [0, 0.1) is 6.92 Å². The van der Waals surface area contributed by atoms with Crippen LogP contribution in [0.4, 0.5) is 0 Å². The summed E-state index contributed by atoms with van der Waals surface area (Å²) < 4.78 is 7.68. The number of rotatable bonds is 7. The molecule has 0 aliphatic carbocycles. The van der Waals surface area contributed by atoms with E-state index in [0.29, 0.717) is 30.1 Å². The molecule has 4 aromatic rings. The van der Waals surface area contributed by atoms with Crippen molar-refractivity contribution in [1.82, 2.24) is 9.55 Å². The molecule has 0 bridgehead atoms. The lowest BCUT2D eigenvalue weighted by molar-refractivity contribution is -0.114. The van der Waals surface area contributed by atoms with Crippen molar-refractivity contribution in [3.05, 3.63) is 83.7 Å². The van der Waals surface area contributed by atoms with E-state index in [0.717, 1.165) is 22.2 Å². The summed E-state index contributed by atoms with van der Waals surface area (Å²) in [5, 5.41) is 0.517. The summed E-state index contributed by atoms with van der Waals surface area (Å²) in [7, 11) is 0. The number of pyridine rings is 1. The van der Waals surface area contributed by atoms with E-state index in [2.05, 4.69) is 29.2 Å². The Labute approximate surface area is 180 Å². The number of fused-ring (bicyclic) bond motifs is 1. The molecule has 4 rings (SSSR count). The minimum absolute atomic E-state index is 0.247. The van der Waals surface area contributed by atoms with Crippen molar-refractivity contribution in [3.63, 3.8) is 0 Å². The number of hydrogen-bond acceptors (Lipinski definition) is 4. The van der Waals surface area contributed by atoms with E-state index in [1.807, 2.05) is 54.8 Å². The molecule has 0 aliphatic heterocycles. The van der Waals surface area contributed by atoms with Gasteiger partial charge in [-0.1, -0.05) is 54.6 Å². The first kappa shape index (κ1) is 20.3. The van der Waals surface area contributed by atoms with Gasteiger partial charge in [0.25, 0.3) is 11.7 Å². The van der Waals surface area contributed by atoms with E-state index in [4.69, 9.17) is 10.5 Å². The number of ether oxygens (including phenoxy) is 1. The number of benzene rings is 2. The number of aromatic nitrogens is 2. The second kappa shape index (κ2) is 8.44. The smallest absolute Gasteiger partial charge is 0.289 e. The summed E-state index contributed by atoms with van der Waals surface area (Å²) in [6.07, 6.45) is 1.64. The fourth-order valence-corrected chi connectivity index (χ4v) is 3.97. The van der Waals surface area contributed by atoms with Gasteiger partial charge in [0.05, 0.1) is 23.1 Å². The predicted molar refractivity (Wildman–Crippen MR) is 120 cm³/mol. The topological polar surface area (TPSA) is 87.2 Å². The molecule has 0 radical (unpaired) electrons. The molecule has 0 unspecified atom stereocenters. The van der Waals surface area contributed by atoms with Crippen molar-refractivity contribution in [3.8, 4) is 17.0 Å². The number of primary amides is 1. The zero-order valence-electron chi connectivity index (χ0n) is 17.5. The summed E-state index contributed by atoms with van der Waals surface area (Å²) in [5.41, 5.74) is 10.3. The minimum atomic E-state index is -1.00. The maximum Gasteiger partial charge on any atom is 0.289 e. The molecule has 2 aromatic carbocycles. The third-order valence-electron chi connectivity index (χ3n) is 5.36. The maximum atomic E-state index is 12.7. The monoisotopic (exact) mass is 413 g/mol. The third-order valence-corrected chi connectivity index (χ3v) is 5.36. The molecule has 0 saturated heterocycles. The van der Waals surface area contributed by atoms with Crippen molar-refractivity contribution in [2.45, 2.75) is 20.4 Å². The molecule has 0 spiro atoms. The largest absolute Gasteiger partial charge is 0.477 e. The quantitative estimate of drug-likeness (QED) is 0.365. The van der Waals surface area contributed by atoms with Gasteiger partial charge >= 0.3 is 0 Å². The molecule has 0 atom stereocenters. The van der Waals surface area contributed by atoms with Crippen LogP contribution >= 0.6 is 0 Å². The van der Waals surface area contributed by atoms with Gasteiger partial charge in [-0.2, -0.15) is 0 Å². The summed E-state index contributed by atoms with van der Waals surface area (Å²) in [4.78, 5) is 28.8. The van der Waals surface area contributed by atoms with Gasteiger partial charge < -0.3 is 15.0 Å². The molecule has 156 valence electrons. The molecule has 2 aromatic heterocycles. The van der Waals surface area contributed by atoms with E-state index in [-0.39, 0.29) is 5.56 Å². The highest BCUT2D eigenvalue weighted by Gasteiger charge is 2.27. The predicted octanol–water partition coefficient (Wildman–Crippen LogP) is 4.13. The van der Waals surface area contributed by atoms with Gasteiger partial charge in [0.1, 0.15) is 0 Å². The van der Waals surface area contributed by atoms with Gasteiger partial charge in [-0.05, 0) is 36.6 Å². The Hall–Kier alpha value is -3.93. The highest BCUT2D eigenvalue weighted by Crippen LogP contribution is 2.34. The van der Waals surface area contributed by atoms with Crippen molar-refractivity contribution in [1.29, 1.82) is 0 Å². The zero-order valence-corrected chi connectivity index (χ0v) is 17.5. The Kier molecular flexibility index (Phi) is 5.54. The minimum Gasteiger partial charge on any atom is -0.477 e. The lowest BCUT2D eigenvalue weighted by Gasteiger charge is -2.13. The van der Waals surface area contributed by atoms with E-state index < -0.39 is 11.7 Å². The van der Waals surface area contributed by atoms with Crippen LogP contribution in [-0.4, -0.2) is 27.8 Å². The lowest BCUT2D eigenvalue weighted by Crippen LogP contribution is -2.24. The van der Waals surface area contributed by atoms with Crippen LogP contribution in [0.3, 0.4) is 0 Å². The highest BCUT2D eigenvalue weighted by molar-refractivity contribution is 6.45. The van der Waals surface area contributed by atoms with Gasteiger partial charge in [-0.3, -0.25) is 9.59 Å². The fraction of sp³-hybridized carbons (Fsp3) is 0.160. The van der Waals surface area contributed by atoms with Crippen LogP contribution in [0.1, 0.15) is 28.5 Å².